The standard InChI is InChI=1S/C9H8Cl2O/c10-6-1-2-8(11)7(5-6)9(12)3-4-9/h1-2,5,12H,3-4H2. The minimum Gasteiger partial charge on any atom is -0.385 e. The van der Waals surface area contributed by atoms with E-state index in [2.05, 4.69) is 0 Å². The van der Waals surface area contributed by atoms with Crippen LogP contribution in [0.25, 0.3) is 0 Å². The highest BCUT2D eigenvalue weighted by molar-refractivity contribution is 6.33. The molecule has 0 radical (unpaired) electrons. The van der Waals surface area contributed by atoms with Crippen molar-refractivity contribution >= 4 is 23.2 Å². The van der Waals surface area contributed by atoms with Crippen LogP contribution in [0.4, 0.5) is 0 Å². The van der Waals surface area contributed by atoms with Gasteiger partial charge in [-0.2, -0.15) is 0 Å². The molecule has 0 amide bonds. The van der Waals surface area contributed by atoms with Crippen molar-refractivity contribution in [1.82, 2.24) is 0 Å². The Kier molecular flexibility index (Phi) is 1.83. The predicted molar refractivity (Wildman–Crippen MR) is 49.6 cm³/mol. The second-order valence-electron chi connectivity index (χ2n) is 3.16. The lowest BCUT2D eigenvalue weighted by molar-refractivity contribution is 0.151. The topological polar surface area (TPSA) is 20.2 Å². The SMILES string of the molecule is OC1(c2cc(Cl)ccc2Cl)CC1. The van der Waals surface area contributed by atoms with E-state index >= 15 is 0 Å². The van der Waals surface area contributed by atoms with E-state index in [9.17, 15) is 5.11 Å². The van der Waals surface area contributed by atoms with Gasteiger partial charge in [0, 0.05) is 15.6 Å². The summed E-state index contributed by atoms with van der Waals surface area (Å²) in [6.07, 6.45) is 1.57. The average molecular weight is 203 g/mol. The number of halogens is 2. The summed E-state index contributed by atoms with van der Waals surface area (Å²) in [7, 11) is 0. The summed E-state index contributed by atoms with van der Waals surface area (Å²) in [5, 5.41) is 11.0. The third-order valence-corrected chi connectivity index (χ3v) is 2.72. The van der Waals surface area contributed by atoms with Crippen molar-refractivity contribution in [3.05, 3.63) is 33.8 Å². The van der Waals surface area contributed by atoms with Crippen molar-refractivity contribution < 1.29 is 5.11 Å². The molecule has 64 valence electrons. The number of benzene rings is 1. The van der Waals surface area contributed by atoms with Gasteiger partial charge in [0.1, 0.15) is 0 Å². The summed E-state index contributed by atoms with van der Waals surface area (Å²) in [6, 6.07) is 5.17. The monoisotopic (exact) mass is 202 g/mol. The van der Waals surface area contributed by atoms with Crippen molar-refractivity contribution in [2.75, 3.05) is 0 Å². The third-order valence-electron chi connectivity index (χ3n) is 2.15. The summed E-state index contributed by atoms with van der Waals surface area (Å²) < 4.78 is 0. The Labute approximate surface area is 80.9 Å². The van der Waals surface area contributed by atoms with Crippen LogP contribution in [-0.2, 0) is 5.60 Å². The molecule has 1 N–H and O–H groups in total. The van der Waals surface area contributed by atoms with Gasteiger partial charge in [-0.05, 0) is 31.0 Å². The van der Waals surface area contributed by atoms with E-state index in [-0.39, 0.29) is 0 Å². The Bertz CT molecular complexity index is 318. The van der Waals surface area contributed by atoms with Crippen molar-refractivity contribution in [2.45, 2.75) is 18.4 Å². The molecule has 1 aliphatic carbocycles. The van der Waals surface area contributed by atoms with Crippen molar-refractivity contribution in [1.29, 1.82) is 0 Å². The molecule has 1 saturated carbocycles. The summed E-state index contributed by atoms with van der Waals surface area (Å²) in [5.74, 6) is 0. The highest BCUT2D eigenvalue weighted by atomic mass is 35.5. The Morgan fingerprint density at radius 1 is 1.25 bits per heavy atom. The maximum absolute atomic E-state index is 9.76. The lowest BCUT2D eigenvalue weighted by atomic mass is 10.1. The first-order valence-corrected chi connectivity index (χ1v) is 4.55. The van der Waals surface area contributed by atoms with Gasteiger partial charge in [-0.1, -0.05) is 23.2 Å². The molecule has 0 aromatic heterocycles. The zero-order valence-electron chi connectivity index (χ0n) is 6.35. The van der Waals surface area contributed by atoms with Crippen LogP contribution in [0.1, 0.15) is 18.4 Å². The van der Waals surface area contributed by atoms with Crippen LogP contribution in [0.5, 0.6) is 0 Å². The normalized spacial score (nSPS) is 19.2. The van der Waals surface area contributed by atoms with E-state index in [1.165, 1.54) is 0 Å². The van der Waals surface area contributed by atoms with E-state index in [0.29, 0.717) is 10.0 Å². The number of hydrogen-bond acceptors (Lipinski definition) is 1. The van der Waals surface area contributed by atoms with Gasteiger partial charge in [-0.3, -0.25) is 0 Å². The van der Waals surface area contributed by atoms with Crippen LogP contribution in [0.15, 0.2) is 18.2 Å². The number of rotatable bonds is 1. The zero-order chi connectivity index (χ0) is 8.77. The van der Waals surface area contributed by atoms with Gasteiger partial charge in [-0.15, -0.1) is 0 Å². The maximum Gasteiger partial charge on any atom is 0.0913 e. The van der Waals surface area contributed by atoms with Crippen LogP contribution in [-0.4, -0.2) is 5.11 Å². The molecule has 3 heteroatoms. The van der Waals surface area contributed by atoms with Crippen LogP contribution in [0.3, 0.4) is 0 Å². The Balaban J connectivity index is 2.48. The molecule has 12 heavy (non-hydrogen) atoms. The molecular weight excluding hydrogens is 195 g/mol. The van der Waals surface area contributed by atoms with Crippen LogP contribution < -0.4 is 0 Å². The molecule has 0 aliphatic heterocycles. The van der Waals surface area contributed by atoms with Gasteiger partial charge in [-0.25, -0.2) is 0 Å². The summed E-state index contributed by atoms with van der Waals surface area (Å²) in [4.78, 5) is 0. The summed E-state index contributed by atoms with van der Waals surface area (Å²) in [5.41, 5.74) is 0.0683. The zero-order valence-corrected chi connectivity index (χ0v) is 7.86. The van der Waals surface area contributed by atoms with Gasteiger partial charge >= 0.3 is 0 Å². The van der Waals surface area contributed by atoms with E-state index in [4.69, 9.17) is 23.2 Å². The molecule has 0 unspecified atom stereocenters. The van der Waals surface area contributed by atoms with E-state index in [0.717, 1.165) is 18.4 Å². The first kappa shape index (κ1) is 8.36. The molecule has 1 aromatic rings. The van der Waals surface area contributed by atoms with Gasteiger partial charge in [0.25, 0.3) is 0 Å². The molecule has 0 saturated heterocycles. The molecule has 0 bridgehead atoms. The Morgan fingerprint density at radius 3 is 2.50 bits per heavy atom. The van der Waals surface area contributed by atoms with Crippen molar-refractivity contribution in [2.24, 2.45) is 0 Å². The van der Waals surface area contributed by atoms with Gasteiger partial charge in [0.15, 0.2) is 0 Å². The lowest BCUT2D eigenvalue weighted by Crippen LogP contribution is -2.04. The van der Waals surface area contributed by atoms with E-state index < -0.39 is 5.60 Å². The lowest BCUT2D eigenvalue weighted by Gasteiger charge is -2.09. The van der Waals surface area contributed by atoms with Crippen molar-refractivity contribution in [3.8, 4) is 0 Å². The Hall–Kier alpha value is -0.240. The molecule has 0 heterocycles. The fourth-order valence-electron chi connectivity index (χ4n) is 1.24. The summed E-state index contributed by atoms with van der Waals surface area (Å²) in [6.45, 7) is 0. The van der Waals surface area contributed by atoms with Gasteiger partial charge < -0.3 is 5.11 Å². The quantitative estimate of drug-likeness (QED) is 0.743. The molecule has 1 aliphatic rings. The van der Waals surface area contributed by atoms with E-state index in [1.54, 1.807) is 18.2 Å². The molecule has 1 aromatic carbocycles. The molecule has 2 rings (SSSR count). The molecule has 1 fully saturated rings. The van der Waals surface area contributed by atoms with Crippen LogP contribution in [0.2, 0.25) is 10.0 Å². The predicted octanol–water partition coefficient (Wildman–Crippen LogP) is 2.97. The van der Waals surface area contributed by atoms with Gasteiger partial charge in [0.05, 0.1) is 5.60 Å². The highest BCUT2D eigenvalue weighted by Gasteiger charge is 2.43. The smallest absolute Gasteiger partial charge is 0.0913 e. The second kappa shape index (κ2) is 2.63. The minimum atomic E-state index is -0.692. The second-order valence-corrected chi connectivity index (χ2v) is 4.00. The fourth-order valence-corrected chi connectivity index (χ4v) is 1.71. The Morgan fingerprint density at radius 2 is 1.92 bits per heavy atom. The maximum atomic E-state index is 9.76. The number of hydrogen-bond donors (Lipinski definition) is 1. The molecular formula is C9H8Cl2O. The molecule has 0 atom stereocenters. The van der Waals surface area contributed by atoms with Crippen molar-refractivity contribution in [3.63, 3.8) is 0 Å². The van der Waals surface area contributed by atoms with E-state index in [1.807, 2.05) is 0 Å². The van der Waals surface area contributed by atoms with Crippen LogP contribution in [0, 0.1) is 0 Å². The minimum absolute atomic E-state index is 0.597. The fraction of sp³-hybridized carbons (Fsp3) is 0.333. The average Bonchev–Trinajstić information content (AvgIpc) is 2.75. The third kappa shape index (κ3) is 1.33. The first-order chi connectivity index (χ1) is 5.62. The largest absolute Gasteiger partial charge is 0.385 e. The molecule has 0 spiro atoms. The summed E-state index contributed by atoms with van der Waals surface area (Å²) >= 11 is 11.7. The number of aliphatic hydroxyl groups is 1. The highest BCUT2D eigenvalue weighted by Crippen LogP contribution is 2.48. The molecule has 1 nitrogen and oxygen atoms in total. The first-order valence-electron chi connectivity index (χ1n) is 3.80. The van der Waals surface area contributed by atoms with Crippen LogP contribution >= 0.6 is 23.2 Å². The van der Waals surface area contributed by atoms with Gasteiger partial charge in [0.2, 0.25) is 0 Å².